The van der Waals surface area contributed by atoms with Gasteiger partial charge in [-0.2, -0.15) is 0 Å². The van der Waals surface area contributed by atoms with Gasteiger partial charge in [-0.05, 0) is 63.1 Å². The largest absolute Gasteiger partial charge is 0.445 e. The quantitative estimate of drug-likeness (QED) is 0.433. The molecule has 3 aromatic rings. The third-order valence-corrected chi connectivity index (χ3v) is 7.57. The molecule has 1 N–H and O–H groups in total. The lowest BCUT2D eigenvalue weighted by molar-refractivity contribution is 0.0519. The molecule has 0 spiro atoms. The number of benzene rings is 2. The van der Waals surface area contributed by atoms with Crippen LogP contribution in [0.25, 0.3) is 11.1 Å². The Morgan fingerprint density at radius 1 is 1.09 bits per heavy atom. The van der Waals surface area contributed by atoms with Gasteiger partial charge in [0.15, 0.2) is 11.4 Å². The summed E-state index contributed by atoms with van der Waals surface area (Å²) in [6.45, 7) is 1.81. The van der Waals surface area contributed by atoms with E-state index in [1.54, 1.807) is 13.0 Å². The molecule has 6 rings (SSSR count). The molecular weight excluding hydrogens is 472 g/mol. The minimum atomic E-state index is -0.360. The highest BCUT2D eigenvalue weighted by Crippen LogP contribution is 2.53. The SMILES string of the molecule is CC(=O)c1cc(Br)cc2nc(C34CCC(NC(=O)OCc5ccccc5)(CC3)CC4)oc12. The lowest BCUT2D eigenvalue weighted by Crippen LogP contribution is -2.57. The van der Waals surface area contributed by atoms with Crippen molar-refractivity contribution in [3.05, 3.63) is 64.0 Å². The minimum Gasteiger partial charge on any atom is -0.445 e. The molecule has 32 heavy (non-hydrogen) atoms. The number of rotatable bonds is 5. The Morgan fingerprint density at radius 3 is 2.44 bits per heavy atom. The molecule has 0 radical (unpaired) electrons. The maximum absolute atomic E-state index is 12.5. The summed E-state index contributed by atoms with van der Waals surface area (Å²) in [6, 6.07) is 13.4. The predicted molar refractivity (Wildman–Crippen MR) is 124 cm³/mol. The number of ether oxygens (including phenoxy) is 1. The molecule has 2 bridgehead atoms. The molecule has 0 atom stereocenters. The predicted octanol–water partition coefficient (Wildman–Crippen LogP) is 6.06. The van der Waals surface area contributed by atoms with Crippen molar-refractivity contribution in [2.75, 3.05) is 0 Å². The molecule has 1 heterocycles. The van der Waals surface area contributed by atoms with Gasteiger partial charge in [-0.1, -0.05) is 46.3 Å². The number of hydrogen-bond donors (Lipinski definition) is 1. The van der Waals surface area contributed by atoms with Gasteiger partial charge in [0, 0.05) is 15.4 Å². The van der Waals surface area contributed by atoms with E-state index >= 15 is 0 Å². The fourth-order valence-electron chi connectivity index (χ4n) is 5.16. The molecule has 166 valence electrons. The van der Waals surface area contributed by atoms with Gasteiger partial charge in [-0.15, -0.1) is 0 Å². The fraction of sp³-hybridized carbons (Fsp3) is 0.400. The Bertz CT molecular complexity index is 1160. The van der Waals surface area contributed by atoms with E-state index in [9.17, 15) is 9.59 Å². The van der Waals surface area contributed by atoms with E-state index in [0.29, 0.717) is 22.6 Å². The molecule has 3 fully saturated rings. The summed E-state index contributed by atoms with van der Waals surface area (Å²) < 4.78 is 12.5. The van der Waals surface area contributed by atoms with E-state index in [1.807, 2.05) is 36.4 Å². The van der Waals surface area contributed by atoms with E-state index in [2.05, 4.69) is 21.2 Å². The molecule has 7 heteroatoms. The maximum Gasteiger partial charge on any atom is 0.407 e. The van der Waals surface area contributed by atoms with Crippen molar-refractivity contribution in [1.29, 1.82) is 0 Å². The second kappa shape index (κ2) is 8.03. The number of halogens is 1. The van der Waals surface area contributed by atoms with Crippen molar-refractivity contribution in [2.24, 2.45) is 0 Å². The number of alkyl carbamates (subject to hydrolysis) is 1. The van der Waals surface area contributed by atoms with Gasteiger partial charge in [0.25, 0.3) is 0 Å². The third kappa shape index (κ3) is 3.83. The minimum absolute atomic E-state index is 0.0407. The summed E-state index contributed by atoms with van der Waals surface area (Å²) in [5, 5.41) is 3.15. The van der Waals surface area contributed by atoms with Gasteiger partial charge in [-0.25, -0.2) is 9.78 Å². The molecule has 0 saturated heterocycles. The van der Waals surface area contributed by atoms with Crippen LogP contribution in [-0.2, 0) is 16.8 Å². The Hall–Kier alpha value is -2.67. The number of ketones is 1. The lowest BCUT2D eigenvalue weighted by atomic mass is 9.57. The number of fused-ring (bicyclic) bond motifs is 4. The molecule has 3 aliphatic carbocycles. The van der Waals surface area contributed by atoms with E-state index in [1.165, 1.54) is 0 Å². The molecule has 0 aliphatic heterocycles. The van der Waals surface area contributed by atoms with Gasteiger partial charge < -0.3 is 14.5 Å². The third-order valence-electron chi connectivity index (χ3n) is 7.11. The van der Waals surface area contributed by atoms with Crippen molar-refractivity contribution >= 4 is 38.9 Å². The Kier molecular flexibility index (Phi) is 5.32. The molecule has 1 aromatic heterocycles. The average molecular weight is 497 g/mol. The molecule has 1 amide bonds. The highest BCUT2D eigenvalue weighted by atomic mass is 79.9. The van der Waals surface area contributed by atoms with Crippen molar-refractivity contribution < 1.29 is 18.7 Å². The molecule has 3 aliphatic rings. The average Bonchev–Trinajstić information content (AvgIpc) is 3.23. The van der Waals surface area contributed by atoms with Crippen LogP contribution >= 0.6 is 15.9 Å². The summed E-state index contributed by atoms with van der Waals surface area (Å²) in [7, 11) is 0. The first-order valence-electron chi connectivity index (χ1n) is 11.0. The van der Waals surface area contributed by atoms with Crippen molar-refractivity contribution in [2.45, 2.75) is 63.0 Å². The summed E-state index contributed by atoms with van der Waals surface area (Å²) in [4.78, 5) is 29.3. The number of nitrogens with zero attached hydrogens (tertiary/aromatic N) is 1. The number of Topliss-reactive ketones (excluding diaryl/α,β-unsaturated/α-hetero) is 1. The van der Waals surface area contributed by atoms with Crippen LogP contribution in [0.4, 0.5) is 4.79 Å². The number of carbonyl (C=O) groups excluding carboxylic acids is 2. The van der Waals surface area contributed by atoms with Crippen LogP contribution in [-0.4, -0.2) is 22.4 Å². The summed E-state index contributed by atoms with van der Waals surface area (Å²) in [5.74, 6) is 0.675. The van der Waals surface area contributed by atoms with Crippen LogP contribution in [0.5, 0.6) is 0 Å². The smallest absolute Gasteiger partial charge is 0.407 e. The van der Waals surface area contributed by atoms with Crippen LogP contribution in [0.3, 0.4) is 0 Å². The Morgan fingerprint density at radius 2 is 1.78 bits per heavy atom. The van der Waals surface area contributed by atoms with Gasteiger partial charge >= 0.3 is 6.09 Å². The van der Waals surface area contributed by atoms with Crippen LogP contribution in [0, 0.1) is 0 Å². The van der Waals surface area contributed by atoms with Crippen molar-refractivity contribution in [1.82, 2.24) is 10.3 Å². The first kappa shape index (κ1) is 21.2. The number of oxazole rings is 1. The maximum atomic E-state index is 12.5. The zero-order chi connectivity index (χ0) is 22.3. The lowest BCUT2D eigenvalue weighted by Gasteiger charge is -2.51. The highest BCUT2D eigenvalue weighted by Gasteiger charge is 2.52. The number of amides is 1. The summed E-state index contributed by atoms with van der Waals surface area (Å²) >= 11 is 3.47. The topological polar surface area (TPSA) is 81.4 Å². The Balaban J connectivity index is 1.29. The Labute approximate surface area is 194 Å². The van der Waals surface area contributed by atoms with Crippen molar-refractivity contribution in [3.63, 3.8) is 0 Å². The van der Waals surface area contributed by atoms with Gasteiger partial charge in [0.2, 0.25) is 5.89 Å². The summed E-state index contributed by atoms with van der Waals surface area (Å²) in [6.07, 6.45) is 4.86. The van der Waals surface area contributed by atoms with Gasteiger partial charge in [-0.3, -0.25) is 4.79 Å². The first-order valence-corrected chi connectivity index (χ1v) is 11.8. The van der Waals surface area contributed by atoms with Gasteiger partial charge in [0.1, 0.15) is 12.1 Å². The number of carbonyl (C=O) groups is 2. The van der Waals surface area contributed by atoms with Crippen LogP contribution in [0.2, 0.25) is 0 Å². The zero-order valence-corrected chi connectivity index (χ0v) is 19.5. The standard InChI is InChI=1S/C25H25BrN2O4/c1-16(29)19-13-18(26)14-20-21(19)32-22(27-20)24-7-10-25(11-8-24,12-9-24)28-23(30)31-15-17-5-3-2-4-6-17/h2-6,13-14H,7-12,15H2,1H3,(H,28,30). The molecule has 2 aromatic carbocycles. The fourth-order valence-corrected chi connectivity index (χ4v) is 5.60. The second-order valence-corrected chi connectivity index (χ2v) is 10.0. The van der Waals surface area contributed by atoms with Crippen LogP contribution < -0.4 is 5.32 Å². The number of aromatic nitrogens is 1. The van der Waals surface area contributed by atoms with Crippen molar-refractivity contribution in [3.8, 4) is 0 Å². The number of nitrogens with one attached hydrogen (secondary N) is 1. The monoisotopic (exact) mass is 496 g/mol. The second-order valence-electron chi connectivity index (χ2n) is 9.12. The van der Waals surface area contributed by atoms with Crippen LogP contribution in [0.15, 0.2) is 51.4 Å². The number of hydrogen-bond acceptors (Lipinski definition) is 5. The van der Waals surface area contributed by atoms with E-state index in [-0.39, 0.29) is 29.4 Å². The van der Waals surface area contributed by atoms with E-state index in [0.717, 1.165) is 48.6 Å². The van der Waals surface area contributed by atoms with Gasteiger partial charge in [0.05, 0.1) is 5.56 Å². The molecule has 3 saturated carbocycles. The summed E-state index contributed by atoms with van der Waals surface area (Å²) in [5.41, 5.74) is 2.42. The molecule has 6 nitrogen and oxygen atoms in total. The van der Waals surface area contributed by atoms with E-state index in [4.69, 9.17) is 14.1 Å². The van der Waals surface area contributed by atoms with Crippen LogP contribution in [0.1, 0.15) is 67.3 Å². The molecule has 0 unspecified atom stereocenters. The molecular formula is C25H25BrN2O4. The van der Waals surface area contributed by atoms with E-state index < -0.39 is 0 Å². The normalized spacial score (nSPS) is 24.4. The zero-order valence-electron chi connectivity index (χ0n) is 17.9. The first-order chi connectivity index (χ1) is 15.4. The highest BCUT2D eigenvalue weighted by molar-refractivity contribution is 9.10.